The summed E-state index contributed by atoms with van der Waals surface area (Å²) in [6.07, 6.45) is 1.82. The van der Waals surface area contributed by atoms with E-state index in [1.54, 1.807) is 6.07 Å². The topological polar surface area (TPSA) is 55.0 Å². The number of aromatic nitrogens is 2. The molecule has 0 atom stereocenters. The van der Waals surface area contributed by atoms with Crippen molar-refractivity contribution in [2.24, 2.45) is 0 Å². The Balaban J connectivity index is 2.67. The van der Waals surface area contributed by atoms with Crippen molar-refractivity contribution < 1.29 is 4.74 Å². The molecule has 2 heterocycles. The molecule has 4 heteroatoms. The number of fused-ring (bicyclic) bond motifs is 1. The fourth-order valence-electron chi connectivity index (χ4n) is 1.55. The van der Waals surface area contributed by atoms with Crippen molar-refractivity contribution in [3.05, 3.63) is 34.2 Å². The van der Waals surface area contributed by atoms with Crippen LogP contribution < -0.4 is 10.3 Å². The Morgan fingerprint density at radius 2 is 2.12 bits per heavy atom. The lowest BCUT2D eigenvalue weighted by Crippen LogP contribution is -2.09. The van der Waals surface area contributed by atoms with Gasteiger partial charge in [-0.1, -0.05) is 13.8 Å². The molecular weight excluding hydrogens is 204 g/mol. The second kappa shape index (κ2) is 3.96. The zero-order valence-electron chi connectivity index (χ0n) is 9.57. The number of aromatic amines is 1. The molecule has 0 spiro atoms. The van der Waals surface area contributed by atoms with E-state index in [0.29, 0.717) is 5.92 Å². The second-order valence-corrected chi connectivity index (χ2v) is 4.02. The van der Waals surface area contributed by atoms with E-state index < -0.39 is 0 Å². The summed E-state index contributed by atoms with van der Waals surface area (Å²) in [5.74, 6) is 0.680. The highest BCUT2D eigenvalue weighted by molar-refractivity contribution is 5.75. The van der Waals surface area contributed by atoms with Crippen LogP contribution >= 0.6 is 0 Å². The SMILES string of the molecule is COc1cc2ncc(C(C)C)cc2[nH]c1=O. The van der Waals surface area contributed by atoms with Crippen molar-refractivity contribution in [1.29, 1.82) is 0 Å². The van der Waals surface area contributed by atoms with Crippen molar-refractivity contribution in [3.8, 4) is 5.75 Å². The first-order valence-electron chi connectivity index (χ1n) is 5.19. The quantitative estimate of drug-likeness (QED) is 0.839. The Labute approximate surface area is 93.3 Å². The first-order chi connectivity index (χ1) is 7.61. The van der Waals surface area contributed by atoms with E-state index in [2.05, 4.69) is 23.8 Å². The van der Waals surface area contributed by atoms with Gasteiger partial charge in [0.05, 0.1) is 18.1 Å². The predicted octanol–water partition coefficient (Wildman–Crippen LogP) is 2.06. The van der Waals surface area contributed by atoms with Crippen molar-refractivity contribution >= 4 is 11.0 Å². The van der Waals surface area contributed by atoms with Crippen molar-refractivity contribution in [3.63, 3.8) is 0 Å². The average Bonchev–Trinajstić information content (AvgIpc) is 2.27. The van der Waals surface area contributed by atoms with Gasteiger partial charge in [-0.2, -0.15) is 0 Å². The van der Waals surface area contributed by atoms with Gasteiger partial charge < -0.3 is 9.72 Å². The summed E-state index contributed by atoms with van der Waals surface area (Å²) in [5.41, 5.74) is 2.36. The minimum Gasteiger partial charge on any atom is -0.491 e. The lowest BCUT2D eigenvalue weighted by Gasteiger charge is -2.06. The van der Waals surface area contributed by atoms with Crippen LogP contribution in [-0.4, -0.2) is 17.1 Å². The Morgan fingerprint density at radius 1 is 1.38 bits per heavy atom. The maximum atomic E-state index is 11.5. The molecule has 0 fully saturated rings. The summed E-state index contributed by atoms with van der Waals surface area (Å²) in [5, 5.41) is 0. The zero-order chi connectivity index (χ0) is 11.7. The van der Waals surface area contributed by atoms with E-state index in [1.165, 1.54) is 7.11 Å². The molecule has 2 aromatic rings. The third-order valence-electron chi connectivity index (χ3n) is 2.57. The standard InChI is InChI=1S/C12H14N2O2/c1-7(2)8-4-10-9(13-6-8)5-11(16-3)12(15)14-10/h4-7H,1-3H3,(H,14,15). The number of hydrogen-bond acceptors (Lipinski definition) is 3. The van der Waals surface area contributed by atoms with Gasteiger partial charge in [-0.25, -0.2) is 0 Å². The molecule has 2 aromatic heterocycles. The molecule has 0 saturated heterocycles. The molecule has 0 aromatic carbocycles. The molecule has 2 rings (SSSR count). The highest BCUT2D eigenvalue weighted by Gasteiger charge is 2.06. The number of hydrogen-bond donors (Lipinski definition) is 1. The minimum absolute atomic E-state index is 0.224. The fourth-order valence-corrected chi connectivity index (χ4v) is 1.55. The van der Waals surface area contributed by atoms with E-state index in [-0.39, 0.29) is 11.3 Å². The van der Waals surface area contributed by atoms with Gasteiger partial charge in [0.2, 0.25) is 0 Å². The van der Waals surface area contributed by atoms with Gasteiger partial charge in [-0.15, -0.1) is 0 Å². The van der Waals surface area contributed by atoms with Gasteiger partial charge >= 0.3 is 0 Å². The molecule has 0 aliphatic heterocycles. The fraction of sp³-hybridized carbons (Fsp3) is 0.333. The molecule has 0 radical (unpaired) electrons. The van der Waals surface area contributed by atoms with Crippen LogP contribution in [0, 0.1) is 0 Å². The minimum atomic E-state index is -0.224. The third kappa shape index (κ3) is 1.78. The van der Waals surface area contributed by atoms with Crippen LogP contribution in [0.4, 0.5) is 0 Å². The summed E-state index contributed by atoms with van der Waals surface area (Å²) < 4.78 is 4.95. The van der Waals surface area contributed by atoms with Crippen molar-refractivity contribution in [2.75, 3.05) is 7.11 Å². The van der Waals surface area contributed by atoms with Gasteiger partial charge in [-0.3, -0.25) is 9.78 Å². The molecule has 84 valence electrons. The molecule has 0 amide bonds. The molecule has 4 nitrogen and oxygen atoms in total. The van der Waals surface area contributed by atoms with E-state index in [0.717, 1.165) is 16.6 Å². The Morgan fingerprint density at radius 3 is 2.75 bits per heavy atom. The molecule has 16 heavy (non-hydrogen) atoms. The Kier molecular flexibility index (Phi) is 2.64. The molecular formula is C12H14N2O2. The molecule has 0 aliphatic rings. The van der Waals surface area contributed by atoms with Gasteiger partial charge in [0.15, 0.2) is 5.75 Å². The highest BCUT2D eigenvalue weighted by atomic mass is 16.5. The summed E-state index contributed by atoms with van der Waals surface area (Å²) in [6.45, 7) is 4.18. The molecule has 0 saturated carbocycles. The summed E-state index contributed by atoms with van der Waals surface area (Å²) >= 11 is 0. The average molecular weight is 218 g/mol. The lowest BCUT2D eigenvalue weighted by molar-refractivity contribution is 0.409. The summed E-state index contributed by atoms with van der Waals surface area (Å²) in [7, 11) is 1.47. The van der Waals surface area contributed by atoms with Gasteiger partial charge in [-0.05, 0) is 17.5 Å². The van der Waals surface area contributed by atoms with Crippen LogP contribution in [-0.2, 0) is 0 Å². The number of methoxy groups -OCH3 is 1. The normalized spacial score (nSPS) is 11.0. The first kappa shape index (κ1) is 10.7. The Bertz CT molecular complexity index is 573. The number of nitrogens with zero attached hydrogens (tertiary/aromatic N) is 1. The smallest absolute Gasteiger partial charge is 0.290 e. The van der Waals surface area contributed by atoms with Crippen LogP contribution in [0.15, 0.2) is 23.1 Å². The Hall–Kier alpha value is -1.84. The molecule has 0 unspecified atom stereocenters. The molecule has 1 N–H and O–H groups in total. The maximum absolute atomic E-state index is 11.5. The summed E-state index contributed by atoms with van der Waals surface area (Å²) in [4.78, 5) is 18.6. The zero-order valence-corrected chi connectivity index (χ0v) is 9.57. The number of H-pyrrole nitrogens is 1. The number of rotatable bonds is 2. The van der Waals surface area contributed by atoms with Crippen LogP contribution in [0.3, 0.4) is 0 Å². The van der Waals surface area contributed by atoms with Gasteiger partial charge in [0, 0.05) is 12.3 Å². The first-order valence-corrected chi connectivity index (χ1v) is 5.19. The van der Waals surface area contributed by atoms with Gasteiger partial charge in [0.25, 0.3) is 5.56 Å². The number of nitrogens with one attached hydrogen (secondary N) is 1. The molecule has 0 aliphatic carbocycles. The van der Waals surface area contributed by atoms with E-state index in [4.69, 9.17) is 4.74 Å². The van der Waals surface area contributed by atoms with Crippen LogP contribution in [0.5, 0.6) is 5.75 Å². The van der Waals surface area contributed by atoms with E-state index in [1.807, 2.05) is 12.3 Å². The van der Waals surface area contributed by atoms with Crippen LogP contribution in [0.1, 0.15) is 25.3 Å². The second-order valence-electron chi connectivity index (χ2n) is 4.02. The van der Waals surface area contributed by atoms with Crippen molar-refractivity contribution in [2.45, 2.75) is 19.8 Å². The highest BCUT2D eigenvalue weighted by Crippen LogP contribution is 2.18. The van der Waals surface area contributed by atoms with Gasteiger partial charge in [0.1, 0.15) is 0 Å². The van der Waals surface area contributed by atoms with Crippen molar-refractivity contribution in [1.82, 2.24) is 9.97 Å². The van der Waals surface area contributed by atoms with E-state index >= 15 is 0 Å². The third-order valence-corrected chi connectivity index (χ3v) is 2.57. The maximum Gasteiger partial charge on any atom is 0.290 e. The monoisotopic (exact) mass is 218 g/mol. The summed E-state index contributed by atoms with van der Waals surface area (Å²) in [6, 6.07) is 3.60. The predicted molar refractivity (Wildman–Crippen MR) is 63.0 cm³/mol. The molecule has 0 bridgehead atoms. The lowest BCUT2D eigenvalue weighted by atomic mass is 10.1. The number of ether oxygens (including phenoxy) is 1. The van der Waals surface area contributed by atoms with Crippen LogP contribution in [0.25, 0.3) is 11.0 Å². The van der Waals surface area contributed by atoms with E-state index in [9.17, 15) is 4.79 Å². The van der Waals surface area contributed by atoms with Crippen LogP contribution in [0.2, 0.25) is 0 Å². The number of pyridine rings is 2. The largest absolute Gasteiger partial charge is 0.491 e.